The summed E-state index contributed by atoms with van der Waals surface area (Å²) in [5.74, 6) is 0. The van der Waals surface area contributed by atoms with Gasteiger partial charge < -0.3 is 5.32 Å². The summed E-state index contributed by atoms with van der Waals surface area (Å²) in [5, 5.41) is 3.13. The molecule has 9 heavy (non-hydrogen) atoms. The van der Waals surface area contributed by atoms with Crippen molar-refractivity contribution in [2.45, 2.75) is 24.2 Å². The maximum absolute atomic E-state index is 3.13. The molecule has 0 unspecified atom stereocenters. The van der Waals surface area contributed by atoms with Gasteiger partial charge in [0.2, 0.25) is 0 Å². The molecule has 0 spiro atoms. The molecule has 1 nitrogen and oxygen atoms in total. The van der Waals surface area contributed by atoms with E-state index in [9.17, 15) is 0 Å². The average molecular weight is 239 g/mol. The quantitative estimate of drug-likeness (QED) is 0.586. The molecule has 1 atom stereocenters. The molecule has 0 radical (unpaired) electrons. The minimum atomic E-state index is 0.682. The maximum atomic E-state index is 3.13. The van der Waals surface area contributed by atoms with Crippen molar-refractivity contribution < 1.29 is 0 Å². The van der Waals surface area contributed by atoms with Gasteiger partial charge in [0.05, 0.1) is 0 Å². The minimum Gasteiger partial charge on any atom is -0.391 e. The molecule has 0 fully saturated rings. The third-order valence-electron chi connectivity index (χ3n) is 1.02. The van der Waals surface area contributed by atoms with Crippen LogP contribution in [0.3, 0.4) is 0 Å². The summed E-state index contributed by atoms with van der Waals surface area (Å²) in [6.07, 6.45) is 5.42. The van der Waals surface area contributed by atoms with Crippen LogP contribution in [0.5, 0.6) is 0 Å². The zero-order chi connectivity index (χ0) is 7.11. The number of halogens is 1. The van der Waals surface area contributed by atoms with Crippen LogP contribution in [-0.4, -0.2) is 10.5 Å². The van der Waals surface area contributed by atoms with E-state index in [1.165, 1.54) is 6.42 Å². The van der Waals surface area contributed by atoms with Crippen LogP contribution in [0.25, 0.3) is 0 Å². The number of allylic oxidation sites excluding steroid dienone is 1. The molecule has 54 valence electrons. The van der Waals surface area contributed by atoms with Gasteiger partial charge in [0.1, 0.15) is 0 Å². The van der Waals surface area contributed by atoms with Gasteiger partial charge in [-0.15, -0.1) is 0 Å². The van der Waals surface area contributed by atoms with Crippen molar-refractivity contribution in [1.82, 2.24) is 5.32 Å². The normalized spacial score (nSPS) is 14.1. The van der Waals surface area contributed by atoms with Crippen molar-refractivity contribution in [1.29, 1.82) is 0 Å². The monoisotopic (exact) mass is 239 g/mol. The molecule has 0 aliphatic carbocycles. The highest BCUT2D eigenvalue weighted by Crippen LogP contribution is 2.04. The van der Waals surface area contributed by atoms with E-state index < -0.39 is 0 Å². The molecule has 0 aromatic carbocycles. The number of hydrogen-bond acceptors (Lipinski definition) is 1. The first-order valence-corrected chi connectivity index (χ1v) is 4.60. The predicted octanol–water partition coefficient (Wildman–Crippen LogP) is 2.32. The SMILES string of the molecule is CCN/C=C\[C@H](I)CC. The van der Waals surface area contributed by atoms with Crippen LogP contribution in [-0.2, 0) is 0 Å². The first kappa shape index (κ1) is 9.27. The predicted molar refractivity (Wildman–Crippen MR) is 50.9 cm³/mol. The van der Waals surface area contributed by atoms with Gasteiger partial charge in [-0.2, -0.15) is 0 Å². The van der Waals surface area contributed by atoms with Crippen LogP contribution in [0.4, 0.5) is 0 Å². The van der Waals surface area contributed by atoms with Crippen LogP contribution in [0.1, 0.15) is 20.3 Å². The zero-order valence-electron chi connectivity index (χ0n) is 6.02. The van der Waals surface area contributed by atoms with Crippen LogP contribution in [0, 0.1) is 0 Å². The number of nitrogens with one attached hydrogen (secondary N) is 1. The third-order valence-corrected chi connectivity index (χ3v) is 2.31. The number of hydrogen-bond donors (Lipinski definition) is 1. The molecule has 0 aromatic heterocycles. The topological polar surface area (TPSA) is 12.0 Å². The Labute approximate surface area is 71.1 Å². The van der Waals surface area contributed by atoms with E-state index in [0.29, 0.717) is 3.92 Å². The Morgan fingerprint density at radius 3 is 2.67 bits per heavy atom. The summed E-state index contributed by atoms with van der Waals surface area (Å²) < 4.78 is 0.682. The van der Waals surface area contributed by atoms with Gasteiger partial charge in [-0.25, -0.2) is 0 Å². The number of rotatable bonds is 4. The Balaban J connectivity index is 3.20. The van der Waals surface area contributed by atoms with Crippen LogP contribution >= 0.6 is 22.6 Å². The molecular formula is C7H14IN. The van der Waals surface area contributed by atoms with Gasteiger partial charge in [0, 0.05) is 10.5 Å². The standard InChI is InChI=1S/C7H14IN/c1-3-7(8)5-6-9-4-2/h5-7,9H,3-4H2,1-2H3/b6-5-/t7-/m1/s1. The fraction of sp³-hybridized carbons (Fsp3) is 0.714. The Kier molecular flexibility index (Phi) is 6.58. The molecule has 0 rings (SSSR count). The van der Waals surface area contributed by atoms with Crippen molar-refractivity contribution in [3.63, 3.8) is 0 Å². The summed E-state index contributed by atoms with van der Waals surface area (Å²) in [6, 6.07) is 0. The summed E-state index contributed by atoms with van der Waals surface area (Å²) in [7, 11) is 0. The Hall–Kier alpha value is 0.270. The van der Waals surface area contributed by atoms with Crippen molar-refractivity contribution in [3.8, 4) is 0 Å². The Morgan fingerprint density at radius 2 is 2.22 bits per heavy atom. The summed E-state index contributed by atoms with van der Waals surface area (Å²) in [6.45, 7) is 5.30. The maximum Gasteiger partial charge on any atom is 0.0303 e. The van der Waals surface area contributed by atoms with E-state index in [2.05, 4.69) is 47.8 Å². The molecule has 0 bridgehead atoms. The molecule has 0 saturated heterocycles. The highest BCUT2D eigenvalue weighted by atomic mass is 127. The van der Waals surface area contributed by atoms with Gasteiger partial charge in [0.15, 0.2) is 0 Å². The molecule has 0 aromatic rings. The lowest BCUT2D eigenvalue weighted by Gasteiger charge is -1.97. The highest BCUT2D eigenvalue weighted by Gasteiger charge is 1.89. The molecule has 0 aliphatic rings. The van der Waals surface area contributed by atoms with Gasteiger partial charge in [-0.1, -0.05) is 35.6 Å². The molecule has 0 aliphatic heterocycles. The van der Waals surface area contributed by atoms with Gasteiger partial charge in [0.25, 0.3) is 0 Å². The average Bonchev–Trinajstić information content (AvgIpc) is 1.89. The molecule has 0 heterocycles. The lowest BCUT2D eigenvalue weighted by molar-refractivity contribution is 0.904. The largest absolute Gasteiger partial charge is 0.391 e. The van der Waals surface area contributed by atoms with Crippen LogP contribution in [0.15, 0.2) is 12.3 Å². The lowest BCUT2D eigenvalue weighted by atomic mass is 10.3. The van der Waals surface area contributed by atoms with Crippen LogP contribution < -0.4 is 5.32 Å². The van der Waals surface area contributed by atoms with E-state index in [1.54, 1.807) is 0 Å². The van der Waals surface area contributed by atoms with Gasteiger partial charge in [-0.05, 0) is 19.5 Å². The van der Waals surface area contributed by atoms with Crippen molar-refractivity contribution >= 4 is 22.6 Å². The summed E-state index contributed by atoms with van der Waals surface area (Å²) >= 11 is 2.42. The molecule has 0 saturated carbocycles. The molecular weight excluding hydrogens is 225 g/mol. The third kappa shape index (κ3) is 6.15. The highest BCUT2D eigenvalue weighted by molar-refractivity contribution is 14.1. The molecule has 2 heteroatoms. The molecule has 0 amide bonds. The van der Waals surface area contributed by atoms with Crippen molar-refractivity contribution in [3.05, 3.63) is 12.3 Å². The van der Waals surface area contributed by atoms with Crippen molar-refractivity contribution in [2.24, 2.45) is 0 Å². The van der Waals surface area contributed by atoms with E-state index in [1.807, 2.05) is 6.20 Å². The Morgan fingerprint density at radius 1 is 1.56 bits per heavy atom. The fourth-order valence-electron chi connectivity index (χ4n) is 0.426. The fourth-order valence-corrected chi connectivity index (χ4v) is 0.634. The van der Waals surface area contributed by atoms with Crippen molar-refractivity contribution in [2.75, 3.05) is 6.54 Å². The second-order valence-corrected chi connectivity index (χ2v) is 3.44. The summed E-state index contributed by atoms with van der Waals surface area (Å²) in [5.41, 5.74) is 0. The Bertz CT molecular complexity index is 81.0. The first-order valence-electron chi connectivity index (χ1n) is 3.35. The van der Waals surface area contributed by atoms with Gasteiger partial charge in [-0.3, -0.25) is 0 Å². The summed E-state index contributed by atoms with van der Waals surface area (Å²) in [4.78, 5) is 0. The van der Waals surface area contributed by atoms with E-state index in [0.717, 1.165) is 6.54 Å². The first-order chi connectivity index (χ1) is 4.31. The second-order valence-electron chi connectivity index (χ2n) is 1.84. The van der Waals surface area contributed by atoms with Crippen LogP contribution in [0.2, 0.25) is 0 Å². The van der Waals surface area contributed by atoms with E-state index >= 15 is 0 Å². The van der Waals surface area contributed by atoms with E-state index in [-0.39, 0.29) is 0 Å². The number of alkyl halides is 1. The lowest BCUT2D eigenvalue weighted by Crippen LogP contribution is -2.03. The van der Waals surface area contributed by atoms with E-state index in [4.69, 9.17) is 0 Å². The minimum absolute atomic E-state index is 0.682. The smallest absolute Gasteiger partial charge is 0.0303 e. The zero-order valence-corrected chi connectivity index (χ0v) is 8.18. The second kappa shape index (κ2) is 6.39. The van der Waals surface area contributed by atoms with Gasteiger partial charge >= 0.3 is 0 Å². The molecule has 1 N–H and O–H groups in total.